The van der Waals surface area contributed by atoms with E-state index in [2.05, 4.69) is 0 Å². The van der Waals surface area contributed by atoms with Crippen molar-refractivity contribution in [3.05, 3.63) is 30.3 Å². The number of rotatable bonds is 2. The molecular weight excluding hydrogens is 220 g/mol. The third-order valence-corrected chi connectivity index (χ3v) is 3.67. The molecule has 0 aliphatic carbocycles. The van der Waals surface area contributed by atoms with Crippen LogP contribution >= 0.6 is 0 Å². The quantitative estimate of drug-likeness (QED) is 0.724. The third kappa shape index (κ3) is 1.41. The molecule has 17 heavy (non-hydrogen) atoms. The SMILES string of the molecule is C[C@@]12OC[C@@H](O1)[C@@H](Oc1ccccc1)[C@@H]1O[C@@H]12. The van der Waals surface area contributed by atoms with Crippen molar-refractivity contribution in [3.8, 4) is 5.75 Å². The number of fused-ring (bicyclic) bond motifs is 4. The Morgan fingerprint density at radius 3 is 2.94 bits per heavy atom. The van der Waals surface area contributed by atoms with Crippen molar-refractivity contribution in [3.63, 3.8) is 0 Å². The lowest BCUT2D eigenvalue weighted by atomic mass is 10.0. The predicted octanol–water partition coefficient (Wildman–Crippen LogP) is 1.35. The summed E-state index contributed by atoms with van der Waals surface area (Å²) in [5, 5.41) is 0. The zero-order valence-corrected chi connectivity index (χ0v) is 9.54. The lowest BCUT2D eigenvalue weighted by molar-refractivity contribution is -0.183. The van der Waals surface area contributed by atoms with Crippen molar-refractivity contribution in [2.24, 2.45) is 0 Å². The summed E-state index contributed by atoms with van der Waals surface area (Å²) in [5.74, 6) is 0.303. The highest BCUT2D eigenvalue weighted by molar-refractivity contribution is 5.23. The van der Waals surface area contributed by atoms with Crippen molar-refractivity contribution in [1.82, 2.24) is 0 Å². The topological polar surface area (TPSA) is 40.2 Å². The number of para-hydroxylation sites is 1. The standard InChI is InChI=1S/C13H14O4/c1-13-12-11(16-12)10(9(17-13)7-14-13)15-8-5-3-2-4-6-8/h2-6,9-12H,7H2,1H3/t9-,10-,11+,12+,13-/m1/s1. The molecule has 1 aromatic carbocycles. The van der Waals surface area contributed by atoms with Gasteiger partial charge in [-0.15, -0.1) is 0 Å². The number of hydrogen-bond acceptors (Lipinski definition) is 4. The van der Waals surface area contributed by atoms with Gasteiger partial charge in [-0.25, -0.2) is 0 Å². The molecule has 0 radical (unpaired) electrons. The second-order valence-corrected chi connectivity index (χ2v) is 4.90. The number of benzene rings is 1. The van der Waals surface area contributed by atoms with Crippen LogP contribution < -0.4 is 4.74 Å². The maximum Gasteiger partial charge on any atom is 0.195 e. The molecule has 0 unspecified atom stereocenters. The predicted molar refractivity (Wildman–Crippen MR) is 58.7 cm³/mol. The molecule has 3 heterocycles. The lowest BCUT2D eigenvalue weighted by Crippen LogP contribution is -2.48. The van der Waals surface area contributed by atoms with E-state index in [1.165, 1.54) is 0 Å². The molecule has 4 rings (SSSR count). The molecule has 1 aromatic rings. The summed E-state index contributed by atoms with van der Waals surface area (Å²) in [7, 11) is 0. The van der Waals surface area contributed by atoms with E-state index in [-0.39, 0.29) is 24.4 Å². The van der Waals surface area contributed by atoms with Crippen molar-refractivity contribution in [2.75, 3.05) is 6.61 Å². The minimum atomic E-state index is -0.550. The van der Waals surface area contributed by atoms with Gasteiger partial charge in [0.2, 0.25) is 0 Å². The summed E-state index contributed by atoms with van der Waals surface area (Å²) >= 11 is 0. The number of epoxide rings is 1. The number of ether oxygens (including phenoxy) is 4. The maximum atomic E-state index is 5.95. The van der Waals surface area contributed by atoms with E-state index in [4.69, 9.17) is 18.9 Å². The van der Waals surface area contributed by atoms with Crippen LogP contribution in [-0.4, -0.2) is 36.8 Å². The van der Waals surface area contributed by atoms with Crippen molar-refractivity contribution >= 4 is 0 Å². The van der Waals surface area contributed by atoms with Gasteiger partial charge in [0.15, 0.2) is 11.9 Å². The van der Waals surface area contributed by atoms with Crippen LogP contribution in [0.15, 0.2) is 30.3 Å². The van der Waals surface area contributed by atoms with Crippen LogP contribution in [0.5, 0.6) is 5.75 Å². The fourth-order valence-corrected chi connectivity index (χ4v) is 2.73. The van der Waals surface area contributed by atoms with Crippen molar-refractivity contribution < 1.29 is 18.9 Å². The summed E-state index contributed by atoms with van der Waals surface area (Å²) in [5.41, 5.74) is 0. The van der Waals surface area contributed by atoms with Crippen molar-refractivity contribution in [1.29, 1.82) is 0 Å². The first kappa shape index (κ1) is 9.88. The van der Waals surface area contributed by atoms with Gasteiger partial charge >= 0.3 is 0 Å². The largest absolute Gasteiger partial charge is 0.485 e. The molecule has 3 fully saturated rings. The monoisotopic (exact) mass is 234 g/mol. The molecule has 4 heteroatoms. The van der Waals surface area contributed by atoms with Gasteiger partial charge in [-0.3, -0.25) is 0 Å². The highest BCUT2D eigenvalue weighted by Crippen LogP contribution is 2.49. The van der Waals surface area contributed by atoms with Crippen LogP contribution in [0.4, 0.5) is 0 Å². The van der Waals surface area contributed by atoms with E-state index < -0.39 is 5.79 Å². The molecular formula is C13H14O4. The van der Waals surface area contributed by atoms with Gasteiger partial charge in [-0.2, -0.15) is 0 Å². The van der Waals surface area contributed by atoms with Crippen LogP contribution in [0.3, 0.4) is 0 Å². The first-order valence-electron chi connectivity index (χ1n) is 5.95. The Bertz CT molecular complexity index is 434. The zero-order valence-electron chi connectivity index (χ0n) is 9.54. The van der Waals surface area contributed by atoms with Gasteiger partial charge < -0.3 is 18.9 Å². The second-order valence-electron chi connectivity index (χ2n) is 4.90. The van der Waals surface area contributed by atoms with Gasteiger partial charge in [-0.1, -0.05) is 18.2 Å². The Morgan fingerprint density at radius 1 is 1.29 bits per heavy atom. The molecule has 2 bridgehead atoms. The third-order valence-electron chi connectivity index (χ3n) is 3.67. The molecule has 0 N–H and O–H groups in total. The molecule has 90 valence electrons. The normalized spacial score (nSPS) is 46.4. The highest BCUT2D eigenvalue weighted by atomic mass is 16.8. The van der Waals surface area contributed by atoms with Crippen LogP contribution in [0.25, 0.3) is 0 Å². The van der Waals surface area contributed by atoms with Crippen LogP contribution in [0.2, 0.25) is 0 Å². The average Bonchev–Trinajstić information content (AvgIpc) is 3.07. The fourth-order valence-electron chi connectivity index (χ4n) is 2.73. The van der Waals surface area contributed by atoms with Crippen molar-refractivity contribution in [2.45, 2.75) is 37.1 Å². The van der Waals surface area contributed by atoms with E-state index in [1.54, 1.807) is 0 Å². The van der Waals surface area contributed by atoms with Gasteiger partial charge in [-0.05, 0) is 19.1 Å². The molecule has 0 spiro atoms. The van der Waals surface area contributed by atoms with Crippen LogP contribution in [-0.2, 0) is 14.2 Å². The summed E-state index contributed by atoms with van der Waals surface area (Å²) in [6.07, 6.45) is 0.0540. The van der Waals surface area contributed by atoms with Crippen LogP contribution in [0.1, 0.15) is 6.92 Å². The summed E-state index contributed by atoms with van der Waals surface area (Å²) in [6.45, 7) is 2.53. The fraction of sp³-hybridized carbons (Fsp3) is 0.538. The number of hydrogen-bond donors (Lipinski definition) is 0. The first-order chi connectivity index (χ1) is 8.26. The van der Waals surface area contributed by atoms with Gasteiger partial charge in [0, 0.05) is 0 Å². The Balaban J connectivity index is 1.56. The van der Waals surface area contributed by atoms with E-state index in [1.807, 2.05) is 37.3 Å². The zero-order chi connectivity index (χ0) is 11.5. The first-order valence-corrected chi connectivity index (χ1v) is 5.95. The van der Waals surface area contributed by atoms with E-state index in [9.17, 15) is 0 Å². The molecule has 3 saturated heterocycles. The summed E-state index contributed by atoms with van der Waals surface area (Å²) < 4.78 is 23.1. The van der Waals surface area contributed by atoms with E-state index in [0.717, 1.165) is 5.75 Å². The Labute approximate surface area is 99.4 Å². The molecule has 4 nitrogen and oxygen atoms in total. The minimum Gasteiger partial charge on any atom is -0.485 e. The summed E-state index contributed by atoms with van der Waals surface area (Å²) in [6, 6.07) is 9.78. The smallest absolute Gasteiger partial charge is 0.195 e. The van der Waals surface area contributed by atoms with Gasteiger partial charge in [0.05, 0.1) is 6.61 Å². The molecule has 0 saturated carbocycles. The molecule has 0 aromatic heterocycles. The highest BCUT2D eigenvalue weighted by Gasteiger charge is 2.68. The maximum absolute atomic E-state index is 5.95. The van der Waals surface area contributed by atoms with Crippen LogP contribution in [0, 0.1) is 0 Å². The average molecular weight is 234 g/mol. The van der Waals surface area contributed by atoms with E-state index >= 15 is 0 Å². The van der Waals surface area contributed by atoms with Gasteiger partial charge in [0.1, 0.15) is 24.1 Å². The Kier molecular flexibility index (Phi) is 1.87. The lowest BCUT2D eigenvalue weighted by Gasteiger charge is -2.29. The molecule has 3 aliphatic heterocycles. The Morgan fingerprint density at radius 2 is 2.12 bits per heavy atom. The Hall–Kier alpha value is -1.10. The molecule has 3 aliphatic rings. The molecule has 5 atom stereocenters. The molecule has 0 amide bonds. The summed E-state index contributed by atoms with van der Waals surface area (Å²) in [4.78, 5) is 0. The van der Waals surface area contributed by atoms with Gasteiger partial charge in [0.25, 0.3) is 0 Å². The second kappa shape index (κ2) is 3.22. The van der Waals surface area contributed by atoms with E-state index in [0.29, 0.717) is 6.61 Å². The minimum absolute atomic E-state index is 0.0231.